The molecular formula is C16H26N2O. The zero-order valence-electron chi connectivity index (χ0n) is 12.0. The molecule has 1 unspecified atom stereocenters. The van der Waals surface area contributed by atoms with Crippen LogP contribution in [0, 0.1) is 0 Å². The van der Waals surface area contributed by atoms with Crippen molar-refractivity contribution in [2.45, 2.75) is 70.6 Å². The van der Waals surface area contributed by atoms with E-state index < -0.39 is 0 Å². The van der Waals surface area contributed by atoms with E-state index >= 15 is 0 Å². The Morgan fingerprint density at radius 2 is 2.21 bits per heavy atom. The molecule has 2 aliphatic rings. The molecule has 1 aliphatic heterocycles. The van der Waals surface area contributed by atoms with E-state index in [2.05, 4.69) is 23.2 Å². The summed E-state index contributed by atoms with van der Waals surface area (Å²) in [6.07, 6.45) is 9.91. The number of hydrogen-bond donors (Lipinski definition) is 1. The Hall–Kier alpha value is -0.800. The average molecular weight is 262 g/mol. The van der Waals surface area contributed by atoms with Crippen molar-refractivity contribution in [3.05, 3.63) is 23.7 Å². The fourth-order valence-electron chi connectivity index (χ4n) is 3.14. The van der Waals surface area contributed by atoms with Gasteiger partial charge in [0.05, 0.1) is 12.8 Å². The van der Waals surface area contributed by atoms with Gasteiger partial charge in [0.1, 0.15) is 5.76 Å². The zero-order chi connectivity index (χ0) is 13.1. The van der Waals surface area contributed by atoms with Gasteiger partial charge in [0.15, 0.2) is 0 Å². The van der Waals surface area contributed by atoms with Crippen LogP contribution >= 0.6 is 0 Å². The smallest absolute Gasteiger partial charge is 0.122 e. The first-order chi connectivity index (χ1) is 9.36. The third-order valence-electron chi connectivity index (χ3n) is 4.56. The van der Waals surface area contributed by atoms with Crippen LogP contribution in [0.3, 0.4) is 0 Å². The normalized spacial score (nSPS) is 24.8. The van der Waals surface area contributed by atoms with E-state index in [1.807, 2.05) is 6.26 Å². The summed E-state index contributed by atoms with van der Waals surface area (Å²) >= 11 is 0. The lowest BCUT2D eigenvalue weighted by Crippen LogP contribution is -2.38. The number of nitrogens with zero attached hydrogens (tertiary/aromatic N) is 1. The minimum atomic E-state index is 0.747. The third kappa shape index (κ3) is 3.40. The molecule has 1 atom stereocenters. The van der Waals surface area contributed by atoms with Crippen molar-refractivity contribution in [2.24, 2.45) is 0 Å². The van der Waals surface area contributed by atoms with Crippen molar-refractivity contribution in [2.75, 3.05) is 6.54 Å². The highest BCUT2D eigenvalue weighted by Gasteiger charge is 2.24. The van der Waals surface area contributed by atoms with Gasteiger partial charge in [-0.25, -0.2) is 0 Å². The predicted molar refractivity (Wildman–Crippen MR) is 76.9 cm³/mol. The van der Waals surface area contributed by atoms with Gasteiger partial charge >= 0.3 is 0 Å². The molecule has 2 heterocycles. The second-order valence-corrected chi connectivity index (χ2v) is 6.05. The van der Waals surface area contributed by atoms with Gasteiger partial charge in [-0.3, -0.25) is 4.90 Å². The van der Waals surface area contributed by atoms with E-state index in [0.717, 1.165) is 30.9 Å². The Morgan fingerprint density at radius 3 is 3.00 bits per heavy atom. The first-order valence-electron chi connectivity index (χ1n) is 7.89. The Morgan fingerprint density at radius 1 is 1.32 bits per heavy atom. The maximum absolute atomic E-state index is 5.66. The highest BCUT2D eigenvalue weighted by molar-refractivity contribution is 5.17. The summed E-state index contributed by atoms with van der Waals surface area (Å²) in [5.74, 6) is 1.15. The van der Waals surface area contributed by atoms with Crippen LogP contribution in [-0.2, 0) is 13.1 Å². The summed E-state index contributed by atoms with van der Waals surface area (Å²) in [5.41, 5.74) is 1.38. The van der Waals surface area contributed by atoms with Crippen LogP contribution < -0.4 is 5.32 Å². The van der Waals surface area contributed by atoms with Gasteiger partial charge in [-0.15, -0.1) is 0 Å². The Labute approximate surface area is 116 Å². The fourth-order valence-corrected chi connectivity index (χ4v) is 3.14. The second kappa shape index (κ2) is 6.10. The molecule has 1 saturated carbocycles. The lowest BCUT2D eigenvalue weighted by molar-refractivity contribution is 0.135. The SMILES string of the molecule is CCC1CCCCN1Cc1ccoc1CNC1CC1. The molecule has 3 rings (SSSR count). The zero-order valence-corrected chi connectivity index (χ0v) is 12.0. The molecular weight excluding hydrogens is 236 g/mol. The number of rotatable bonds is 6. The molecule has 1 saturated heterocycles. The van der Waals surface area contributed by atoms with Gasteiger partial charge in [0.25, 0.3) is 0 Å². The molecule has 1 N–H and O–H groups in total. The van der Waals surface area contributed by atoms with Gasteiger partial charge in [-0.2, -0.15) is 0 Å². The first-order valence-corrected chi connectivity index (χ1v) is 7.89. The summed E-state index contributed by atoms with van der Waals surface area (Å²) in [4.78, 5) is 2.65. The van der Waals surface area contributed by atoms with Gasteiger partial charge < -0.3 is 9.73 Å². The Kier molecular flexibility index (Phi) is 4.24. The minimum Gasteiger partial charge on any atom is -0.468 e. The molecule has 1 aliphatic carbocycles. The number of hydrogen-bond acceptors (Lipinski definition) is 3. The van der Waals surface area contributed by atoms with Crippen molar-refractivity contribution in [1.29, 1.82) is 0 Å². The second-order valence-electron chi connectivity index (χ2n) is 6.05. The van der Waals surface area contributed by atoms with E-state index in [4.69, 9.17) is 4.42 Å². The molecule has 0 radical (unpaired) electrons. The highest BCUT2D eigenvalue weighted by atomic mass is 16.3. The van der Waals surface area contributed by atoms with Crippen molar-refractivity contribution in [3.8, 4) is 0 Å². The van der Waals surface area contributed by atoms with Crippen molar-refractivity contribution in [3.63, 3.8) is 0 Å². The number of nitrogens with one attached hydrogen (secondary N) is 1. The molecule has 3 nitrogen and oxygen atoms in total. The van der Waals surface area contributed by atoms with Crippen molar-refractivity contribution < 1.29 is 4.42 Å². The van der Waals surface area contributed by atoms with Gasteiger partial charge in [0.2, 0.25) is 0 Å². The monoisotopic (exact) mass is 262 g/mol. The topological polar surface area (TPSA) is 28.4 Å². The lowest BCUT2D eigenvalue weighted by Gasteiger charge is -2.35. The van der Waals surface area contributed by atoms with Gasteiger partial charge in [0, 0.05) is 24.2 Å². The van der Waals surface area contributed by atoms with Crippen molar-refractivity contribution in [1.82, 2.24) is 10.2 Å². The maximum Gasteiger partial charge on any atom is 0.122 e. The molecule has 0 aromatic carbocycles. The van der Waals surface area contributed by atoms with Gasteiger partial charge in [-0.05, 0) is 44.7 Å². The summed E-state index contributed by atoms with van der Waals surface area (Å²) in [6, 6.07) is 3.68. The molecule has 19 heavy (non-hydrogen) atoms. The first kappa shape index (κ1) is 13.2. The number of furan rings is 1. The summed E-state index contributed by atoms with van der Waals surface area (Å²) in [5, 5.41) is 3.55. The van der Waals surface area contributed by atoms with Crippen LogP contribution in [-0.4, -0.2) is 23.5 Å². The molecule has 0 amide bonds. The maximum atomic E-state index is 5.66. The van der Waals surface area contributed by atoms with Crippen LogP contribution in [0.2, 0.25) is 0 Å². The molecule has 3 heteroatoms. The number of piperidine rings is 1. The molecule has 1 aromatic rings. The summed E-state index contributed by atoms with van der Waals surface area (Å²) in [7, 11) is 0. The molecule has 106 valence electrons. The van der Waals surface area contributed by atoms with Crippen LogP contribution in [0.5, 0.6) is 0 Å². The third-order valence-corrected chi connectivity index (χ3v) is 4.56. The highest BCUT2D eigenvalue weighted by Crippen LogP contribution is 2.24. The summed E-state index contributed by atoms with van der Waals surface area (Å²) < 4.78 is 5.66. The van der Waals surface area contributed by atoms with Gasteiger partial charge in [-0.1, -0.05) is 13.3 Å². The van der Waals surface area contributed by atoms with Crippen LogP contribution in [0.25, 0.3) is 0 Å². The molecule has 0 spiro atoms. The van der Waals surface area contributed by atoms with E-state index in [0.29, 0.717) is 0 Å². The minimum absolute atomic E-state index is 0.747. The molecule has 0 bridgehead atoms. The largest absolute Gasteiger partial charge is 0.468 e. The van der Waals surface area contributed by atoms with E-state index in [1.54, 1.807) is 0 Å². The van der Waals surface area contributed by atoms with Crippen LogP contribution in [0.1, 0.15) is 56.8 Å². The van der Waals surface area contributed by atoms with Crippen LogP contribution in [0.4, 0.5) is 0 Å². The van der Waals surface area contributed by atoms with Crippen molar-refractivity contribution >= 4 is 0 Å². The quantitative estimate of drug-likeness (QED) is 0.852. The molecule has 2 fully saturated rings. The van der Waals surface area contributed by atoms with Crippen LogP contribution in [0.15, 0.2) is 16.7 Å². The van der Waals surface area contributed by atoms with E-state index in [1.165, 1.54) is 50.6 Å². The Balaban J connectivity index is 1.59. The average Bonchev–Trinajstić information content (AvgIpc) is 3.17. The predicted octanol–water partition coefficient (Wildman–Crippen LogP) is 3.30. The summed E-state index contributed by atoms with van der Waals surface area (Å²) in [6.45, 7) is 5.53. The standard InChI is InChI=1S/C16H26N2O/c1-2-15-5-3-4-9-18(15)12-13-8-10-19-16(13)11-17-14-6-7-14/h8,10,14-15,17H,2-7,9,11-12H2,1H3. The Bertz CT molecular complexity index is 397. The number of likely N-dealkylation sites (tertiary alicyclic amines) is 1. The van der Waals surface area contributed by atoms with E-state index in [9.17, 15) is 0 Å². The fraction of sp³-hybridized carbons (Fsp3) is 0.750. The van der Waals surface area contributed by atoms with E-state index in [-0.39, 0.29) is 0 Å². The lowest BCUT2D eigenvalue weighted by atomic mass is 9.99. The molecule has 1 aromatic heterocycles.